The van der Waals surface area contributed by atoms with E-state index in [-0.39, 0.29) is 17.3 Å². The van der Waals surface area contributed by atoms with Gasteiger partial charge in [0.1, 0.15) is 0 Å². The summed E-state index contributed by atoms with van der Waals surface area (Å²) in [5.41, 5.74) is 2.33. The van der Waals surface area contributed by atoms with E-state index >= 15 is 0 Å². The second kappa shape index (κ2) is 11.7. The summed E-state index contributed by atoms with van der Waals surface area (Å²) in [7, 11) is -3.50. The number of carbonyl (C=O) groups is 1. The molecule has 2 saturated heterocycles. The minimum absolute atomic E-state index is 0.111. The third-order valence-electron chi connectivity index (χ3n) is 6.66. The predicted octanol–water partition coefficient (Wildman–Crippen LogP) is 3.27. The van der Waals surface area contributed by atoms with E-state index < -0.39 is 10.0 Å². The number of nitriles is 1. The molecule has 186 valence electrons. The van der Waals surface area contributed by atoms with E-state index in [0.717, 1.165) is 64.0 Å². The molecule has 2 heterocycles. The van der Waals surface area contributed by atoms with Gasteiger partial charge in [0.05, 0.1) is 23.1 Å². The molecule has 0 saturated carbocycles. The van der Waals surface area contributed by atoms with Crippen LogP contribution in [0.3, 0.4) is 0 Å². The first-order chi connectivity index (χ1) is 17.0. The number of carbonyl (C=O) groups excluding carboxylic acids is 1. The Morgan fingerprint density at radius 2 is 1.51 bits per heavy atom. The maximum atomic E-state index is 12.9. The minimum atomic E-state index is -3.50. The summed E-state index contributed by atoms with van der Waals surface area (Å²) >= 11 is 0. The molecule has 35 heavy (non-hydrogen) atoms. The number of hydrogen-bond donors (Lipinski definition) is 1. The Morgan fingerprint density at radius 3 is 2.17 bits per heavy atom. The number of benzene rings is 2. The van der Waals surface area contributed by atoms with Crippen molar-refractivity contribution in [1.82, 2.24) is 9.21 Å². The van der Waals surface area contributed by atoms with Crippen molar-refractivity contribution in [3.05, 3.63) is 54.1 Å². The molecule has 9 heteroatoms. The van der Waals surface area contributed by atoms with Crippen LogP contribution >= 0.6 is 0 Å². The molecular weight excluding hydrogens is 462 g/mol. The van der Waals surface area contributed by atoms with Gasteiger partial charge in [0.2, 0.25) is 15.9 Å². The number of nitrogens with one attached hydrogen (secondary N) is 1. The summed E-state index contributed by atoms with van der Waals surface area (Å²) in [6.07, 6.45) is 4.88. The first-order valence-electron chi connectivity index (χ1n) is 12.3. The third-order valence-corrected chi connectivity index (χ3v) is 8.57. The van der Waals surface area contributed by atoms with Gasteiger partial charge in [-0.25, -0.2) is 8.42 Å². The summed E-state index contributed by atoms with van der Waals surface area (Å²) in [5.74, 6) is -0.111. The predicted molar refractivity (Wildman–Crippen MR) is 137 cm³/mol. The standard InChI is InChI=1S/C26H33N5O3S/c27-20-22-6-10-24(11-7-22)30-15-5-14-29(18-19-30)21-26(32)28-23-8-12-25(13-9-23)35(33,34)31-16-3-1-2-4-17-31/h6-13H,1-5,14-19,21H2,(H,28,32). The fourth-order valence-electron chi connectivity index (χ4n) is 4.68. The second-order valence-corrected chi connectivity index (χ2v) is 11.1. The first-order valence-corrected chi connectivity index (χ1v) is 13.8. The molecule has 4 rings (SSSR count). The summed E-state index contributed by atoms with van der Waals surface area (Å²) in [6, 6.07) is 16.2. The van der Waals surface area contributed by atoms with Crippen molar-refractivity contribution < 1.29 is 13.2 Å². The smallest absolute Gasteiger partial charge is 0.243 e. The van der Waals surface area contributed by atoms with Crippen LogP contribution in [0.4, 0.5) is 11.4 Å². The van der Waals surface area contributed by atoms with Crippen molar-refractivity contribution in [2.75, 3.05) is 56.0 Å². The van der Waals surface area contributed by atoms with Crippen LogP contribution in [0.5, 0.6) is 0 Å². The van der Waals surface area contributed by atoms with Gasteiger partial charge in [0, 0.05) is 50.6 Å². The molecule has 0 aliphatic carbocycles. The van der Waals surface area contributed by atoms with Gasteiger partial charge in [0.15, 0.2) is 0 Å². The molecule has 0 aromatic heterocycles. The Hall–Kier alpha value is -2.93. The molecule has 2 fully saturated rings. The molecule has 2 aliphatic heterocycles. The lowest BCUT2D eigenvalue weighted by Gasteiger charge is -2.23. The summed E-state index contributed by atoms with van der Waals surface area (Å²) in [4.78, 5) is 17.3. The van der Waals surface area contributed by atoms with Crippen LogP contribution in [0, 0.1) is 11.3 Å². The van der Waals surface area contributed by atoms with Gasteiger partial charge in [0.25, 0.3) is 0 Å². The van der Waals surface area contributed by atoms with E-state index in [4.69, 9.17) is 5.26 Å². The molecule has 2 aliphatic rings. The fourth-order valence-corrected chi connectivity index (χ4v) is 6.20. The Morgan fingerprint density at radius 1 is 0.829 bits per heavy atom. The van der Waals surface area contributed by atoms with Crippen molar-refractivity contribution in [2.45, 2.75) is 37.0 Å². The zero-order valence-corrected chi connectivity index (χ0v) is 20.8. The molecule has 2 aromatic rings. The molecular formula is C26H33N5O3S. The maximum absolute atomic E-state index is 12.9. The largest absolute Gasteiger partial charge is 0.370 e. The van der Waals surface area contributed by atoms with Crippen LogP contribution in [0.25, 0.3) is 0 Å². The molecule has 8 nitrogen and oxygen atoms in total. The Bertz CT molecular complexity index is 1140. The number of amides is 1. The number of nitrogens with zero attached hydrogens (tertiary/aromatic N) is 4. The Balaban J connectivity index is 1.29. The third kappa shape index (κ3) is 6.60. The molecule has 0 spiro atoms. The van der Waals surface area contributed by atoms with Crippen LogP contribution in [0.2, 0.25) is 0 Å². The van der Waals surface area contributed by atoms with Gasteiger partial charge >= 0.3 is 0 Å². The highest BCUT2D eigenvalue weighted by atomic mass is 32.2. The topological polar surface area (TPSA) is 96.7 Å². The first kappa shape index (κ1) is 25.2. The lowest BCUT2D eigenvalue weighted by Crippen LogP contribution is -2.36. The lowest BCUT2D eigenvalue weighted by atomic mass is 10.2. The minimum Gasteiger partial charge on any atom is -0.370 e. The molecule has 0 radical (unpaired) electrons. The van der Waals surface area contributed by atoms with Gasteiger partial charge < -0.3 is 10.2 Å². The monoisotopic (exact) mass is 495 g/mol. The zero-order chi connectivity index (χ0) is 24.7. The Labute approximate surface area is 208 Å². The van der Waals surface area contributed by atoms with Crippen LogP contribution in [-0.4, -0.2) is 69.3 Å². The van der Waals surface area contributed by atoms with E-state index in [0.29, 0.717) is 24.3 Å². The average molecular weight is 496 g/mol. The highest BCUT2D eigenvalue weighted by Crippen LogP contribution is 2.22. The molecule has 1 N–H and O–H groups in total. The number of sulfonamides is 1. The molecule has 0 bridgehead atoms. The van der Waals surface area contributed by atoms with Gasteiger partial charge in [-0.1, -0.05) is 12.8 Å². The van der Waals surface area contributed by atoms with E-state index in [9.17, 15) is 13.2 Å². The van der Waals surface area contributed by atoms with Gasteiger partial charge in [-0.2, -0.15) is 9.57 Å². The van der Waals surface area contributed by atoms with Gasteiger partial charge in [-0.05, 0) is 67.8 Å². The average Bonchev–Trinajstić information content (AvgIpc) is 3.28. The number of rotatable bonds is 6. The lowest BCUT2D eigenvalue weighted by molar-refractivity contribution is -0.117. The highest BCUT2D eigenvalue weighted by Gasteiger charge is 2.25. The van der Waals surface area contributed by atoms with Crippen molar-refractivity contribution in [2.24, 2.45) is 0 Å². The van der Waals surface area contributed by atoms with Crippen LogP contribution < -0.4 is 10.2 Å². The van der Waals surface area contributed by atoms with Crippen molar-refractivity contribution in [3.8, 4) is 6.07 Å². The molecule has 1 amide bonds. The normalized spacial score (nSPS) is 18.3. The highest BCUT2D eigenvalue weighted by molar-refractivity contribution is 7.89. The molecule has 0 unspecified atom stereocenters. The van der Waals surface area contributed by atoms with Crippen molar-refractivity contribution in [1.29, 1.82) is 5.26 Å². The van der Waals surface area contributed by atoms with E-state index in [1.54, 1.807) is 28.6 Å². The SMILES string of the molecule is N#Cc1ccc(N2CCCN(CC(=O)Nc3ccc(S(=O)(=O)N4CCCCCC4)cc3)CC2)cc1. The fraction of sp³-hybridized carbons (Fsp3) is 0.462. The van der Waals surface area contributed by atoms with E-state index in [1.165, 1.54) is 0 Å². The molecule has 0 atom stereocenters. The van der Waals surface area contributed by atoms with Crippen LogP contribution in [-0.2, 0) is 14.8 Å². The number of hydrogen-bond acceptors (Lipinski definition) is 6. The van der Waals surface area contributed by atoms with Crippen LogP contribution in [0.15, 0.2) is 53.4 Å². The Kier molecular flexibility index (Phi) is 8.39. The van der Waals surface area contributed by atoms with E-state index in [1.807, 2.05) is 24.3 Å². The quantitative estimate of drug-likeness (QED) is 0.661. The second-order valence-electron chi connectivity index (χ2n) is 9.17. The summed E-state index contributed by atoms with van der Waals surface area (Å²) in [5, 5.41) is 11.9. The number of anilines is 2. The van der Waals surface area contributed by atoms with Gasteiger partial charge in [-0.15, -0.1) is 0 Å². The van der Waals surface area contributed by atoms with Crippen molar-refractivity contribution in [3.63, 3.8) is 0 Å². The van der Waals surface area contributed by atoms with Gasteiger partial charge in [-0.3, -0.25) is 9.69 Å². The zero-order valence-electron chi connectivity index (χ0n) is 20.0. The maximum Gasteiger partial charge on any atom is 0.243 e. The van der Waals surface area contributed by atoms with E-state index in [2.05, 4.69) is 21.2 Å². The van der Waals surface area contributed by atoms with Crippen LogP contribution in [0.1, 0.15) is 37.7 Å². The summed E-state index contributed by atoms with van der Waals surface area (Å²) < 4.78 is 27.5. The summed E-state index contributed by atoms with van der Waals surface area (Å²) in [6.45, 7) is 4.72. The van der Waals surface area contributed by atoms with Crippen molar-refractivity contribution >= 4 is 27.3 Å². The molecule has 2 aromatic carbocycles.